The van der Waals surface area contributed by atoms with Crippen LogP contribution in [0.2, 0.25) is 10.0 Å². The van der Waals surface area contributed by atoms with E-state index in [1.165, 1.54) is 17.8 Å². The maximum Gasteiger partial charge on any atom is 0.211 e. The number of pyridine rings is 1. The van der Waals surface area contributed by atoms with E-state index in [9.17, 15) is 4.39 Å². The number of hydrogen-bond acceptors (Lipinski definition) is 5. The average molecular weight is 449 g/mol. The first-order valence-electron chi connectivity index (χ1n) is 9.60. The van der Waals surface area contributed by atoms with Crippen molar-refractivity contribution in [2.75, 3.05) is 18.8 Å². The smallest absolute Gasteiger partial charge is 0.211 e. The number of rotatable bonds is 4. The lowest BCUT2D eigenvalue weighted by atomic mass is 10.1. The van der Waals surface area contributed by atoms with Crippen molar-refractivity contribution in [1.29, 1.82) is 0 Å². The highest BCUT2D eigenvalue weighted by atomic mass is 35.5. The van der Waals surface area contributed by atoms with Crippen LogP contribution >= 0.6 is 23.2 Å². The minimum Gasteiger partial charge on any atom is -0.482 e. The van der Waals surface area contributed by atoms with E-state index in [4.69, 9.17) is 33.7 Å². The largest absolute Gasteiger partial charge is 0.482 e. The zero-order chi connectivity index (χ0) is 21.3. The fourth-order valence-electron chi connectivity index (χ4n) is 3.46. The number of nitrogens with zero attached hydrogens (tertiary/aromatic N) is 3. The molecule has 1 atom stereocenters. The van der Waals surface area contributed by atoms with E-state index in [1.807, 2.05) is 10.9 Å². The van der Waals surface area contributed by atoms with Gasteiger partial charge < -0.3 is 15.8 Å². The van der Waals surface area contributed by atoms with Gasteiger partial charge in [0.25, 0.3) is 0 Å². The van der Waals surface area contributed by atoms with Crippen molar-refractivity contribution in [1.82, 2.24) is 10.3 Å². The van der Waals surface area contributed by atoms with E-state index in [0.717, 1.165) is 37.1 Å². The quantitative estimate of drug-likeness (QED) is 0.535. The van der Waals surface area contributed by atoms with Crippen molar-refractivity contribution < 1.29 is 13.8 Å². The number of nitrogens with two attached hydrogens (primary N) is 1. The molecule has 1 unspecified atom stereocenters. The molecule has 6 nitrogen and oxygen atoms in total. The third kappa shape index (κ3) is 4.19. The second kappa shape index (κ2) is 8.71. The standard InChI is InChI=1S/C21H21Cl2FN5O/c1-12(19-16(22)2-3-17(24)20(19)23)30-18-8-13(9-27-21(18)25)14-10-28-29(11-14)15-4-6-26-7-5-15/h2-3,8-12,26H,4-7H2,1H3,(H2,25,27)/q+1. The van der Waals surface area contributed by atoms with Crippen LogP contribution in [-0.2, 0) is 0 Å². The molecule has 1 aromatic carbocycles. The Morgan fingerprint density at radius 3 is 2.80 bits per heavy atom. The number of allylic oxidation sites excluding steroid dienone is 1. The molecule has 1 fully saturated rings. The van der Waals surface area contributed by atoms with Crippen LogP contribution in [0.3, 0.4) is 0 Å². The first kappa shape index (κ1) is 20.8. The molecule has 0 amide bonds. The number of aromatic nitrogens is 1. The summed E-state index contributed by atoms with van der Waals surface area (Å²) in [6.45, 7) is 3.63. The van der Waals surface area contributed by atoms with Crippen molar-refractivity contribution in [2.24, 2.45) is 5.10 Å². The highest BCUT2D eigenvalue weighted by Crippen LogP contribution is 2.36. The van der Waals surface area contributed by atoms with Crippen LogP contribution in [0.25, 0.3) is 5.57 Å². The van der Waals surface area contributed by atoms with E-state index in [0.29, 0.717) is 16.3 Å². The van der Waals surface area contributed by atoms with Crippen LogP contribution in [0.5, 0.6) is 5.75 Å². The fourth-order valence-corrected chi connectivity index (χ4v) is 4.14. The van der Waals surface area contributed by atoms with Crippen LogP contribution in [0.15, 0.2) is 35.7 Å². The number of nitrogen functional groups attached to an aromatic ring is 1. The summed E-state index contributed by atoms with van der Waals surface area (Å²) in [4.78, 5) is 4.25. The van der Waals surface area contributed by atoms with Gasteiger partial charge in [0.15, 0.2) is 17.3 Å². The van der Waals surface area contributed by atoms with Gasteiger partial charge in [-0.2, -0.15) is 0 Å². The molecule has 2 aromatic rings. The average Bonchev–Trinajstić information content (AvgIpc) is 3.24. The van der Waals surface area contributed by atoms with E-state index in [1.54, 1.807) is 25.4 Å². The van der Waals surface area contributed by atoms with Gasteiger partial charge in [-0.25, -0.2) is 9.37 Å². The second-order valence-corrected chi connectivity index (χ2v) is 7.90. The Hall–Kier alpha value is -2.48. The van der Waals surface area contributed by atoms with Crippen molar-refractivity contribution in [3.8, 4) is 5.75 Å². The molecule has 2 aliphatic rings. The fraction of sp³-hybridized carbons (Fsp3) is 0.286. The van der Waals surface area contributed by atoms with Crippen molar-refractivity contribution >= 4 is 46.5 Å². The van der Waals surface area contributed by atoms with Crippen LogP contribution in [0.4, 0.5) is 10.2 Å². The zero-order valence-electron chi connectivity index (χ0n) is 16.3. The highest BCUT2D eigenvalue weighted by Gasteiger charge is 2.23. The lowest BCUT2D eigenvalue weighted by Crippen LogP contribution is -2.30. The summed E-state index contributed by atoms with van der Waals surface area (Å²) in [7, 11) is 0. The molecule has 1 saturated heterocycles. The predicted octanol–water partition coefficient (Wildman–Crippen LogP) is 4.43. The highest BCUT2D eigenvalue weighted by molar-refractivity contribution is 6.36. The summed E-state index contributed by atoms with van der Waals surface area (Å²) in [5.74, 6) is 0.0159. The normalized spacial score (nSPS) is 17.3. The number of hydrazone groups is 1. The van der Waals surface area contributed by atoms with Gasteiger partial charge in [0.05, 0.1) is 10.6 Å². The molecular formula is C21H21Cl2FN5O+. The summed E-state index contributed by atoms with van der Waals surface area (Å²) in [6, 6.07) is 4.45. The molecule has 0 spiro atoms. The van der Waals surface area contributed by atoms with E-state index in [2.05, 4.69) is 15.4 Å². The maximum absolute atomic E-state index is 13.9. The van der Waals surface area contributed by atoms with Gasteiger partial charge in [-0.1, -0.05) is 27.9 Å². The van der Waals surface area contributed by atoms with Crippen molar-refractivity contribution in [3.63, 3.8) is 0 Å². The molecule has 156 valence electrons. The van der Waals surface area contributed by atoms with Crippen molar-refractivity contribution in [3.05, 3.63) is 57.6 Å². The minimum atomic E-state index is -0.631. The summed E-state index contributed by atoms with van der Waals surface area (Å²) >= 11 is 12.3. The molecular weight excluding hydrogens is 428 g/mol. The van der Waals surface area contributed by atoms with E-state index >= 15 is 0 Å². The molecule has 2 aliphatic heterocycles. The number of nitrogens with one attached hydrogen (secondary N) is 1. The number of benzene rings is 1. The third-order valence-electron chi connectivity index (χ3n) is 5.09. The molecule has 1 aromatic heterocycles. The first-order valence-corrected chi connectivity index (χ1v) is 10.4. The van der Waals surface area contributed by atoms with E-state index in [-0.39, 0.29) is 10.8 Å². The SMILES string of the molecule is CC(Oc1cc(C2=C[N+](=C3CCNCC3)N=C2)cnc1N)c1c(Cl)ccc(F)c1Cl. The minimum absolute atomic E-state index is 0.0713. The number of piperidine rings is 1. The lowest BCUT2D eigenvalue weighted by Gasteiger charge is -2.19. The number of halogens is 3. The molecule has 0 saturated carbocycles. The molecule has 3 heterocycles. The summed E-state index contributed by atoms with van der Waals surface area (Å²) in [5.41, 5.74) is 9.35. The first-order chi connectivity index (χ1) is 14.4. The molecule has 0 bridgehead atoms. The van der Waals surface area contributed by atoms with Gasteiger partial charge in [-0.05, 0) is 30.2 Å². The lowest BCUT2D eigenvalue weighted by molar-refractivity contribution is -0.459. The topological polar surface area (TPSA) is 75.5 Å². The molecule has 30 heavy (non-hydrogen) atoms. The van der Waals surface area contributed by atoms with Crippen molar-refractivity contribution in [2.45, 2.75) is 25.9 Å². The van der Waals surface area contributed by atoms with Gasteiger partial charge in [0.2, 0.25) is 6.20 Å². The maximum atomic E-state index is 13.9. The summed E-state index contributed by atoms with van der Waals surface area (Å²) < 4.78 is 21.8. The predicted molar refractivity (Wildman–Crippen MR) is 118 cm³/mol. The Balaban J connectivity index is 1.61. The molecule has 0 aliphatic carbocycles. The molecule has 9 heteroatoms. The Kier molecular flexibility index (Phi) is 6.04. The summed E-state index contributed by atoms with van der Waals surface area (Å²) in [6.07, 6.45) is 6.72. The Bertz CT molecular complexity index is 1080. The third-order valence-corrected chi connectivity index (χ3v) is 5.81. The number of anilines is 1. The number of ether oxygens (including phenoxy) is 1. The van der Waals surface area contributed by atoms with Gasteiger partial charge in [-0.3, -0.25) is 0 Å². The summed E-state index contributed by atoms with van der Waals surface area (Å²) in [5, 5.41) is 8.07. The van der Waals surface area contributed by atoms with Gasteiger partial charge in [-0.15, -0.1) is 0 Å². The Labute approximate surface area is 183 Å². The second-order valence-electron chi connectivity index (χ2n) is 7.11. The van der Waals surface area contributed by atoms with Crippen LogP contribution < -0.4 is 15.8 Å². The Morgan fingerprint density at radius 2 is 2.03 bits per heavy atom. The monoisotopic (exact) mass is 448 g/mol. The van der Waals surface area contributed by atoms with Gasteiger partial charge in [0, 0.05) is 48.3 Å². The van der Waals surface area contributed by atoms with Crippen LogP contribution in [0, 0.1) is 5.82 Å². The van der Waals surface area contributed by atoms with Gasteiger partial charge >= 0.3 is 0 Å². The van der Waals surface area contributed by atoms with Crippen LogP contribution in [0.1, 0.15) is 37.0 Å². The zero-order valence-corrected chi connectivity index (χ0v) is 17.8. The van der Waals surface area contributed by atoms with E-state index < -0.39 is 11.9 Å². The molecule has 3 N–H and O–H groups in total. The molecule has 0 radical (unpaired) electrons. The van der Waals surface area contributed by atoms with Crippen LogP contribution in [-0.4, -0.2) is 34.7 Å². The number of hydrogen-bond donors (Lipinski definition) is 2. The molecule has 4 rings (SSSR count). The van der Waals surface area contributed by atoms with Gasteiger partial charge in [0.1, 0.15) is 18.1 Å². The Morgan fingerprint density at radius 1 is 1.27 bits per heavy atom.